The van der Waals surface area contributed by atoms with E-state index in [1.807, 2.05) is 62.6 Å². The molecule has 0 spiro atoms. The van der Waals surface area contributed by atoms with Crippen LogP contribution in [0.2, 0.25) is 0 Å². The first-order chi connectivity index (χ1) is 28.4. The number of hydrogen-bond acceptors (Lipinski definition) is 6. The van der Waals surface area contributed by atoms with Crippen molar-refractivity contribution in [3.05, 3.63) is 141 Å². The molecule has 0 radical (unpaired) electrons. The fraction of sp³-hybridized carbons (Fsp3) is 0.489. The highest BCUT2D eigenvalue weighted by Gasteiger charge is 2.59. The van der Waals surface area contributed by atoms with Crippen molar-refractivity contribution in [3.8, 4) is 0 Å². The Kier molecular flexibility index (Phi) is 12.5. The minimum absolute atomic E-state index is 0.0846. The lowest BCUT2D eigenvalue weighted by Gasteiger charge is -2.49. The van der Waals surface area contributed by atoms with Crippen LogP contribution < -0.4 is 15.4 Å². The van der Waals surface area contributed by atoms with Gasteiger partial charge in [-0.15, -0.1) is 0 Å². The van der Waals surface area contributed by atoms with Gasteiger partial charge in [0.1, 0.15) is 11.6 Å². The van der Waals surface area contributed by atoms with E-state index in [0.29, 0.717) is 37.2 Å². The summed E-state index contributed by atoms with van der Waals surface area (Å²) in [5, 5.41) is 5.89. The molecule has 0 aromatic heterocycles. The molecule has 12 heteroatoms. The highest BCUT2D eigenvalue weighted by molar-refractivity contribution is 7.94. The molecule has 316 valence electrons. The number of fused-ring (bicyclic) bond motifs is 2. The van der Waals surface area contributed by atoms with Crippen LogP contribution in [0.3, 0.4) is 0 Å². The topological polar surface area (TPSA) is 108 Å². The molecule has 4 unspecified atom stereocenters. The Morgan fingerprint density at radius 2 is 1.20 bits per heavy atom. The maximum Gasteiger partial charge on any atom is 0.231 e. The number of rotatable bonds is 18. The number of hydrogen-bond donors (Lipinski definition) is 3. The lowest BCUT2D eigenvalue weighted by atomic mass is 9.86. The molecule has 8 nitrogen and oxygen atoms in total. The molecule has 0 bridgehead atoms. The molecule has 0 saturated heterocycles. The summed E-state index contributed by atoms with van der Waals surface area (Å²) in [5.74, 6) is -0.0971. The zero-order valence-electron chi connectivity index (χ0n) is 34.2. The first-order valence-electron chi connectivity index (χ1n) is 21.4. The van der Waals surface area contributed by atoms with E-state index >= 15 is 8.78 Å². The smallest absolute Gasteiger partial charge is 0.231 e. The number of benzene rings is 4. The standard InChI is InChI=1S/C47H58F2N4O4S2/c1-50-29-37-23-35-27-45(48)34(25-43(35)41(37)21-32-11-5-3-6-12-32)17-20-52-59(56,57)47(18-10-19-47)53(58(54,55)40-15-9-16-40)31-39-26-44-36(28-46(39)49)24-38(30-51-2)42(44)22-33-13-7-4-8-14-33/h3-8,11-14,25-28,37-38,40-42,50-52H,9-10,15-24,29-31H2,1-2H3. The molecular formula is C47H58F2N4O4S2. The third-order valence-corrected chi connectivity index (χ3v) is 18.7. The van der Waals surface area contributed by atoms with Crippen molar-refractivity contribution in [3.63, 3.8) is 0 Å². The maximum atomic E-state index is 16.3. The molecule has 0 amide bonds. The van der Waals surface area contributed by atoms with Crippen LogP contribution in [0, 0.1) is 23.5 Å². The lowest BCUT2D eigenvalue weighted by molar-refractivity contribution is 0.157. The molecule has 4 aromatic carbocycles. The average Bonchev–Trinajstić information content (AvgIpc) is 3.65. The fourth-order valence-corrected chi connectivity index (χ4v) is 15.0. The highest BCUT2D eigenvalue weighted by Crippen LogP contribution is 2.48. The quantitative estimate of drug-likeness (QED) is 0.0985. The van der Waals surface area contributed by atoms with Crippen molar-refractivity contribution < 1.29 is 25.6 Å². The summed E-state index contributed by atoms with van der Waals surface area (Å²) in [5.41, 5.74) is 6.99. The van der Waals surface area contributed by atoms with Crippen molar-refractivity contribution in [2.24, 2.45) is 11.8 Å². The van der Waals surface area contributed by atoms with Gasteiger partial charge in [0, 0.05) is 18.7 Å². The Balaban J connectivity index is 1.06. The van der Waals surface area contributed by atoms with E-state index in [4.69, 9.17) is 0 Å². The van der Waals surface area contributed by atoms with E-state index < -0.39 is 36.0 Å². The van der Waals surface area contributed by atoms with Gasteiger partial charge in [-0.3, -0.25) is 0 Å². The number of nitrogens with one attached hydrogen (secondary N) is 3. The van der Waals surface area contributed by atoms with Crippen LogP contribution in [-0.2, 0) is 58.7 Å². The molecule has 0 aliphatic heterocycles. The van der Waals surface area contributed by atoms with Crippen molar-refractivity contribution in [2.75, 3.05) is 33.7 Å². The van der Waals surface area contributed by atoms with E-state index in [0.717, 1.165) is 65.3 Å². The second-order valence-electron chi connectivity index (χ2n) is 17.5. The summed E-state index contributed by atoms with van der Waals surface area (Å²) in [6.45, 7) is 1.08. The predicted molar refractivity (Wildman–Crippen MR) is 230 cm³/mol. The summed E-state index contributed by atoms with van der Waals surface area (Å²) in [4.78, 5) is -1.78. The monoisotopic (exact) mass is 844 g/mol. The first kappa shape index (κ1) is 42.2. The molecule has 2 fully saturated rings. The van der Waals surface area contributed by atoms with Crippen LogP contribution in [0.1, 0.15) is 94.9 Å². The van der Waals surface area contributed by atoms with E-state index in [1.165, 1.54) is 11.1 Å². The molecular weight excluding hydrogens is 787 g/mol. The molecule has 8 rings (SSSR count). The minimum Gasteiger partial charge on any atom is -0.319 e. The summed E-state index contributed by atoms with van der Waals surface area (Å²) >= 11 is 0. The molecule has 4 atom stereocenters. The zero-order valence-corrected chi connectivity index (χ0v) is 35.9. The Morgan fingerprint density at radius 1 is 0.695 bits per heavy atom. The van der Waals surface area contributed by atoms with Crippen LogP contribution in [0.4, 0.5) is 8.78 Å². The van der Waals surface area contributed by atoms with Crippen LogP contribution >= 0.6 is 0 Å². The summed E-state index contributed by atoms with van der Waals surface area (Å²) in [6, 6.07) is 27.3. The Bertz CT molecular complexity index is 2340. The van der Waals surface area contributed by atoms with E-state index in [9.17, 15) is 16.8 Å². The molecule has 4 aliphatic rings. The van der Waals surface area contributed by atoms with Crippen LogP contribution in [-0.4, -0.2) is 65.0 Å². The van der Waals surface area contributed by atoms with Gasteiger partial charge in [0.15, 0.2) is 4.87 Å². The molecule has 3 N–H and O–H groups in total. The summed E-state index contributed by atoms with van der Waals surface area (Å²) in [7, 11) is -4.62. The normalized spacial score (nSPS) is 22.5. The van der Waals surface area contributed by atoms with Gasteiger partial charge in [-0.25, -0.2) is 30.3 Å². The molecule has 2 saturated carbocycles. The Labute approximate surface area is 349 Å². The second-order valence-corrected chi connectivity index (χ2v) is 21.7. The Morgan fingerprint density at radius 3 is 1.66 bits per heavy atom. The van der Waals surface area contributed by atoms with Gasteiger partial charge in [-0.1, -0.05) is 79.2 Å². The van der Waals surface area contributed by atoms with Gasteiger partial charge in [0.2, 0.25) is 20.0 Å². The zero-order chi connectivity index (χ0) is 41.4. The van der Waals surface area contributed by atoms with Gasteiger partial charge in [0.25, 0.3) is 0 Å². The first-order valence-corrected chi connectivity index (χ1v) is 24.4. The van der Waals surface area contributed by atoms with Crippen molar-refractivity contribution in [1.82, 2.24) is 19.7 Å². The van der Waals surface area contributed by atoms with Gasteiger partial charge in [-0.2, -0.15) is 4.31 Å². The summed E-state index contributed by atoms with van der Waals surface area (Å²) in [6.07, 6.45) is 5.49. The largest absolute Gasteiger partial charge is 0.319 e. The lowest BCUT2D eigenvalue weighted by Crippen LogP contribution is -2.65. The maximum absolute atomic E-state index is 16.3. The molecule has 59 heavy (non-hydrogen) atoms. The van der Waals surface area contributed by atoms with Crippen LogP contribution in [0.5, 0.6) is 0 Å². The third-order valence-electron chi connectivity index (χ3n) is 13.9. The van der Waals surface area contributed by atoms with Crippen LogP contribution in [0.25, 0.3) is 0 Å². The fourth-order valence-electron chi connectivity index (χ4n) is 10.4. The predicted octanol–water partition coefficient (Wildman–Crippen LogP) is 7.13. The van der Waals surface area contributed by atoms with E-state index in [1.54, 1.807) is 12.1 Å². The minimum atomic E-state index is -4.32. The van der Waals surface area contributed by atoms with Gasteiger partial charge < -0.3 is 10.6 Å². The van der Waals surface area contributed by atoms with Crippen molar-refractivity contribution in [1.29, 1.82) is 0 Å². The van der Waals surface area contributed by atoms with Gasteiger partial charge in [0.05, 0.1) is 5.25 Å². The van der Waals surface area contributed by atoms with Crippen LogP contribution in [0.15, 0.2) is 84.9 Å². The average molecular weight is 845 g/mol. The molecule has 4 aromatic rings. The molecule has 0 heterocycles. The summed E-state index contributed by atoms with van der Waals surface area (Å²) < 4.78 is 94.1. The van der Waals surface area contributed by atoms with Gasteiger partial charge in [-0.05, 0) is 166 Å². The van der Waals surface area contributed by atoms with Crippen molar-refractivity contribution >= 4 is 20.0 Å². The number of halogens is 2. The van der Waals surface area contributed by atoms with E-state index in [2.05, 4.69) is 39.6 Å². The Hall–Kier alpha value is -3.52. The van der Waals surface area contributed by atoms with Gasteiger partial charge >= 0.3 is 0 Å². The second kappa shape index (κ2) is 17.5. The number of nitrogens with zero attached hydrogens (tertiary/aromatic N) is 1. The third kappa shape index (κ3) is 8.30. The number of sulfonamides is 2. The SMILES string of the molecule is CNCC1Cc2cc(F)c(CCNS(=O)(=O)C3(N(Cc4cc5c(cc4F)CC(CNC)C5Cc4ccccc4)S(=O)(=O)C4CCC4)CCC3)cc2C1Cc1ccccc1. The highest BCUT2D eigenvalue weighted by atomic mass is 32.2. The van der Waals surface area contributed by atoms with E-state index in [-0.39, 0.29) is 61.5 Å². The molecule has 4 aliphatic carbocycles. The van der Waals surface area contributed by atoms with Crippen molar-refractivity contribution in [2.45, 2.75) is 99.1 Å².